The number of anilines is 1. The van der Waals surface area contributed by atoms with Gasteiger partial charge in [-0.1, -0.05) is 64.1 Å². The van der Waals surface area contributed by atoms with Gasteiger partial charge in [-0.05, 0) is 79.7 Å². The van der Waals surface area contributed by atoms with Crippen molar-refractivity contribution in [3.05, 3.63) is 65.2 Å². The molecule has 1 heterocycles. The second-order valence-corrected chi connectivity index (χ2v) is 12.0. The van der Waals surface area contributed by atoms with Gasteiger partial charge in [0, 0.05) is 25.2 Å². The third kappa shape index (κ3) is 6.21. The van der Waals surface area contributed by atoms with Gasteiger partial charge in [-0.2, -0.15) is 0 Å². The number of fused-ring (bicyclic) bond motifs is 1. The van der Waals surface area contributed by atoms with Crippen LogP contribution in [0.5, 0.6) is 0 Å². The Hall–Kier alpha value is -3.15. The molecule has 0 bridgehead atoms. The normalized spacial score (nSPS) is 20.4. The van der Waals surface area contributed by atoms with Crippen LogP contribution >= 0.6 is 0 Å². The molecule has 6 nitrogen and oxygen atoms in total. The number of piperazine rings is 1. The Kier molecular flexibility index (Phi) is 9.14. The number of nitrogens with one attached hydrogen (secondary N) is 1. The van der Waals surface area contributed by atoms with Crippen molar-refractivity contribution in [3.63, 3.8) is 0 Å². The zero-order valence-corrected chi connectivity index (χ0v) is 24.4. The highest BCUT2D eigenvalue weighted by Crippen LogP contribution is 2.36. The molecule has 39 heavy (non-hydrogen) atoms. The summed E-state index contributed by atoms with van der Waals surface area (Å²) < 4.78 is 0. The second kappa shape index (κ2) is 12.4. The number of hydrogen-bond acceptors (Lipinski definition) is 4. The Morgan fingerprint density at radius 3 is 2.03 bits per heavy atom. The third-order valence-corrected chi connectivity index (χ3v) is 8.24. The van der Waals surface area contributed by atoms with E-state index in [1.165, 1.54) is 11.1 Å². The Labute approximate surface area is 234 Å². The SMILES string of the molecule is CCN(CC)c1ccc([C@H](C(=O)CC(C)C)N2C(=O)[C@@H](C3Cc4ccccc4C3)NC(=O)[C@H]2CC(C)C)cc1. The Bertz CT molecular complexity index is 1140. The van der Waals surface area contributed by atoms with E-state index < -0.39 is 18.1 Å². The van der Waals surface area contributed by atoms with Crippen LogP contribution in [0.15, 0.2) is 48.5 Å². The largest absolute Gasteiger partial charge is 0.372 e. The van der Waals surface area contributed by atoms with Gasteiger partial charge in [0.1, 0.15) is 18.1 Å². The van der Waals surface area contributed by atoms with Crippen LogP contribution in [0.1, 0.15) is 77.1 Å². The number of carbonyl (C=O) groups is 3. The zero-order valence-electron chi connectivity index (χ0n) is 24.4. The van der Waals surface area contributed by atoms with Crippen LogP contribution in [0.25, 0.3) is 0 Å². The maximum Gasteiger partial charge on any atom is 0.247 e. The molecule has 4 rings (SSSR count). The topological polar surface area (TPSA) is 69.7 Å². The summed E-state index contributed by atoms with van der Waals surface area (Å²) >= 11 is 0. The lowest BCUT2D eigenvalue weighted by atomic mass is 9.86. The summed E-state index contributed by atoms with van der Waals surface area (Å²) in [7, 11) is 0. The summed E-state index contributed by atoms with van der Waals surface area (Å²) in [5, 5.41) is 3.11. The van der Waals surface area contributed by atoms with E-state index in [-0.39, 0.29) is 35.4 Å². The lowest BCUT2D eigenvalue weighted by molar-refractivity contribution is -0.157. The number of rotatable bonds is 11. The van der Waals surface area contributed by atoms with Crippen molar-refractivity contribution in [2.45, 2.75) is 85.4 Å². The van der Waals surface area contributed by atoms with Gasteiger partial charge in [0.2, 0.25) is 11.8 Å². The fraction of sp³-hybridized carbons (Fsp3) is 0.545. The van der Waals surface area contributed by atoms with E-state index in [2.05, 4.69) is 50.0 Å². The molecule has 1 saturated heterocycles. The van der Waals surface area contributed by atoms with E-state index in [4.69, 9.17) is 0 Å². The van der Waals surface area contributed by atoms with Crippen LogP contribution < -0.4 is 10.2 Å². The van der Waals surface area contributed by atoms with Gasteiger partial charge in [-0.15, -0.1) is 0 Å². The Morgan fingerprint density at radius 2 is 1.51 bits per heavy atom. The quantitative estimate of drug-likeness (QED) is 0.425. The lowest BCUT2D eigenvalue weighted by Gasteiger charge is -2.45. The van der Waals surface area contributed by atoms with E-state index in [1.54, 1.807) is 4.90 Å². The van der Waals surface area contributed by atoms with Crippen molar-refractivity contribution in [1.82, 2.24) is 10.2 Å². The summed E-state index contributed by atoms with van der Waals surface area (Å²) in [6.07, 6.45) is 2.36. The number of nitrogens with zero attached hydrogens (tertiary/aromatic N) is 2. The molecule has 0 unspecified atom stereocenters. The molecule has 2 amide bonds. The number of benzene rings is 2. The molecule has 0 saturated carbocycles. The summed E-state index contributed by atoms with van der Waals surface area (Å²) in [4.78, 5) is 46.0. The molecule has 3 atom stereocenters. The van der Waals surface area contributed by atoms with E-state index in [0.29, 0.717) is 12.8 Å². The molecular formula is C33H45N3O3. The number of carbonyl (C=O) groups excluding carboxylic acids is 3. The summed E-state index contributed by atoms with van der Waals surface area (Å²) in [6.45, 7) is 14.2. The van der Waals surface area contributed by atoms with E-state index in [9.17, 15) is 14.4 Å². The molecule has 6 heteroatoms. The fourth-order valence-corrected chi connectivity index (χ4v) is 6.35. The van der Waals surface area contributed by atoms with Crippen LogP contribution in [0.3, 0.4) is 0 Å². The molecule has 1 aliphatic carbocycles. The van der Waals surface area contributed by atoms with Gasteiger partial charge in [0.15, 0.2) is 5.78 Å². The third-order valence-electron chi connectivity index (χ3n) is 8.24. The van der Waals surface area contributed by atoms with Crippen LogP contribution in [0.4, 0.5) is 5.69 Å². The van der Waals surface area contributed by atoms with Crippen molar-refractivity contribution in [2.24, 2.45) is 17.8 Å². The zero-order chi connectivity index (χ0) is 28.3. The van der Waals surface area contributed by atoms with Gasteiger partial charge in [0.25, 0.3) is 0 Å². The van der Waals surface area contributed by atoms with Crippen LogP contribution in [0.2, 0.25) is 0 Å². The lowest BCUT2D eigenvalue weighted by Crippen LogP contribution is -2.66. The molecule has 210 valence electrons. The monoisotopic (exact) mass is 531 g/mol. The number of ketones is 1. The molecular weight excluding hydrogens is 486 g/mol. The van der Waals surface area contributed by atoms with Crippen molar-refractivity contribution < 1.29 is 14.4 Å². The van der Waals surface area contributed by atoms with Crippen LogP contribution in [0, 0.1) is 17.8 Å². The van der Waals surface area contributed by atoms with E-state index in [1.807, 2.05) is 50.2 Å². The van der Waals surface area contributed by atoms with Crippen LogP contribution in [-0.4, -0.2) is 47.7 Å². The maximum atomic E-state index is 14.4. The van der Waals surface area contributed by atoms with Crippen molar-refractivity contribution in [2.75, 3.05) is 18.0 Å². The summed E-state index contributed by atoms with van der Waals surface area (Å²) in [5.41, 5.74) is 4.34. The van der Waals surface area contributed by atoms with Gasteiger partial charge < -0.3 is 15.1 Å². The number of Topliss-reactive ketones (excluding diaryl/α,β-unsaturated/α-hetero) is 1. The number of amides is 2. The number of hydrogen-bond donors (Lipinski definition) is 1. The van der Waals surface area contributed by atoms with E-state index >= 15 is 0 Å². The summed E-state index contributed by atoms with van der Waals surface area (Å²) in [5.74, 6) is 0.0269. The van der Waals surface area contributed by atoms with Crippen molar-refractivity contribution >= 4 is 23.3 Å². The van der Waals surface area contributed by atoms with E-state index in [0.717, 1.165) is 37.2 Å². The molecule has 2 aliphatic rings. The minimum Gasteiger partial charge on any atom is -0.372 e. The molecule has 0 spiro atoms. The second-order valence-electron chi connectivity index (χ2n) is 12.0. The average Bonchev–Trinajstić information content (AvgIpc) is 3.33. The standard InChI is InChI=1S/C33H45N3O3/c1-7-35(8-2)27-15-13-23(14-16-27)31(29(37)18-22(5)6)36-28(17-21(3)4)32(38)34-30(33(36)39)26-19-24-11-9-10-12-25(24)20-26/h9-16,21-22,26,28,30-31H,7-8,17-20H2,1-6H3,(H,34,38)/t28-,30-,31-/m1/s1. The first-order valence-corrected chi connectivity index (χ1v) is 14.7. The molecule has 1 fully saturated rings. The first-order chi connectivity index (χ1) is 18.6. The maximum absolute atomic E-state index is 14.4. The molecule has 2 aromatic rings. The molecule has 0 radical (unpaired) electrons. The predicted molar refractivity (Wildman–Crippen MR) is 157 cm³/mol. The van der Waals surface area contributed by atoms with Gasteiger partial charge in [-0.25, -0.2) is 0 Å². The average molecular weight is 532 g/mol. The highest BCUT2D eigenvalue weighted by Gasteiger charge is 2.49. The Balaban J connectivity index is 1.75. The Morgan fingerprint density at radius 1 is 0.923 bits per heavy atom. The van der Waals surface area contributed by atoms with Crippen molar-refractivity contribution in [3.8, 4) is 0 Å². The first kappa shape index (κ1) is 28.8. The van der Waals surface area contributed by atoms with Gasteiger partial charge in [-0.3, -0.25) is 14.4 Å². The highest BCUT2D eigenvalue weighted by molar-refractivity contribution is 6.00. The molecule has 0 aromatic heterocycles. The minimum absolute atomic E-state index is 0.00847. The minimum atomic E-state index is -0.785. The molecule has 2 aromatic carbocycles. The van der Waals surface area contributed by atoms with Crippen LogP contribution in [-0.2, 0) is 27.2 Å². The smallest absolute Gasteiger partial charge is 0.247 e. The molecule has 1 aliphatic heterocycles. The first-order valence-electron chi connectivity index (χ1n) is 14.7. The van der Waals surface area contributed by atoms with Gasteiger partial charge in [0.05, 0.1) is 0 Å². The molecule has 1 N–H and O–H groups in total. The van der Waals surface area contributed by atoms with Gasteiger partial charge >= 0.3 is 0 Å². The predicted octanol–water partition coefficient (Wildman–Crippen LogP) is 5.35. The fourth-order valence-electron chi connectivity index (χ4n) is 6.35. The summed E-state index contributed by atoms with van der Waals surface area (Å²) in [6, 6.07) is 14.2. The highest BCUT2D eigenvalue weighted by atomic mass is 16.2. The van der Waals surface area contributed by atoms with Crippen molar-refractivity contribution in [1.29, 1.82) is 0 Å².